The average molecular weight is 400 g/mol. The monoisotopic (exact) mass is 400 g/mol. The third kappa shape index (κ3) is 3.28. The molecule has 1 aliphatic rings. The molecule has 0 aliphatic carbocycles. The van der Waals surface area contributed by atoms with E-state index in [1.54, 1.807) is 0 Å². The molecule has 1 saturated heterocycles. The molecule has 2 aromatic carbocycles. The summed E-state index contributed by atoms with van der Waals surface area (Å²) in [5.41, 5.74) is 4.06. The first-order valence-corrected chi connectivity index (χ1v) is 10.0. The van der Waals surface area contributed by atoms with Gasteiger partial charge in [0.1, 0.15) is 0 Å². The number of thiophene rings is 1. The Labute approximate surface area is 171 Å². The van der Waals surface area contributed by atoms with Crippen LogP contribution in [-0.2, 0) is 16.1 Å². The summed E-state index contributed by atoms with van der Waals surface area (Å²) in [5.74, 6) is -0.305. The van der Waals surface area contributed by atoms with Crippen molar-refractivity contribution in [2.75, 3.05) is 6.61 Å². The minimum absolute atomic E-state index is 0.177. The van der Waals surface area contributed by atoms with Crippen molar-refractivity contribution in [3.63, 3.8) is 0 Å². The number of aromatic nitrogens is 1. The number of cyclic esters (lactones) is 1. The number of amides is 2. The normalized spacial score (nSPS) is 13.9. The van der Waals surface area contributed by atoms with E-state index in [4.69, 9.17) is 9.72 Å². The van der Waals surface area contributed by atoms with Crippen molar-refractivity contribution in [1.29, 1.82) is 0 Å². The summed E-state index contributed by atoms with van der Waals surface area (Å²) in [5, 5.41) is 1.10. The van der Waals surface area contributed by atoms with Crippen LogP contribution in [0.15, 0.2) is 72.8 Å². The van der Waals surface area contributed by atoms with E-state index in [2.05, 4.69) is 24.3 Å². The second-order valence-electron chi connectivity index (χ2n) is 6.74. The minimum atomic E-state index is -0.583. The third-order valence-electron chi connectivity index (χ3n) is 4.87. The van der Waals surface area contributed by atoms with Crippen LogP contribution in [0.3, 0.4) is 0 Å². The summed E-state index contributed by atoms with van der Waals surface area (Å²) in [6.45, 7) is 0.0468. The maximum atomic E-state index is 11.8. The fraction of sp³-hybridized carbons (Fsp3) is 0.0870. The average Bonchev–Trinajstić information content (AvgIpc) is 3.36. The van der Waals surface area contributed by atoms with Crippen LogP contribution < -0.4 is 0 Å². The van der Waals surface area contributed by atoms with E-state index in [-0.39, 0.29) is 19.1 Å². The van der Waals surface area contributed by atoms with Gasteiger partial charge < -0.3 is 4.74 Å². The Hall–Kier alpha value is -3.51. The van der Waals surface area contributed by atoms with Crippen molar-refractivity contribution in [1.82, 2.24) is 9.88 Å². The van der Waals surface area contributed by atoms with E-state index < -0.39 is 6.09 Å². The van der Waals surface area contributed by atoms with Gasteiger partial charge in [-0.3, -0.25) is 4.79 Å². The smallest absolute Gasteiger partial charge is 0.417 e. The van der Waals surface area contributed by atoms with Gasteiger partial charge in [0.05, 0.1) is 22.6 Å². The van der Waals surface area contributed by atoms with Crippen molar-refractivity contribution in [2.24, 2.45) is 0 Å². The van der Waals surface area contributed by atoms with Crippen molar-refractivity contribution in [2.45, 2.75) is 6.54 Å². The molecule has 0 radical (unpaired) electrons. The summed E-state index contributed by atoms with van der Waals surface area (Å²) >= 11 is 1.53. The number of fused-ring (bicyclic) bond motifs is 1. The Morgan fingerprint density at radius 3 is 2.55 bits per heavy atom. The fourth-order valence-electron chi connectivity index (χ4n) is 3.45. The van der Waals surface area contributed by atoms with Crippen molar-refractivity contribution >= 4 is 34.2 Å². The molecule has 1 fully saturated rings. The standard InChI is InChI=1S/C23H16N2O3S/c26-22-14-28-23(27)25(22)13-16-10-11-21(29-16)20-12-18(15-6-2-1-3-7-15)17-8-4-5-9-19(17)24-20/h1-12H,13-14H2. The number of carbonyl (C=O) groups excluding carboxylic acids is 2. The highest BCUT2D eigenvalue weighted by molar-refractivity contribution is 7.15. The number of hydrogen-bond donors (Lipinski definition) is 0. The van der Waals surface area contributed by atoms with Gasteiger partial charge in [0.15, 0.2) is 6.61 Å². The van der Waals surface area contributed by atoms with Crippen LogP contribution in [0, 0.1) is 0 Å². The second kappa shape index (κ2) is 7.14. The molecule has 0 atom stereocenters. The highest BCUT2D eigenvalue weighted by Gasteiger charge is 2.31. The Kier molecular flexibility index (Phi) is 4.33. The molecule has 0 N–H and O–H groups in total. The molecule has 3 heterocycles. The highest BCUT2D eigenvalue weighted by Crippen LogP contribution is 2.35. The molecule has 0 saturated carbocycles. The zero-order valence-corrected chi connectivity index (χ0v) is 16.2. The zero-order chi connectivity index (χ0) is 19.8. The van der Waals surface area contributed by atoms with Gasteiger partial charge in [-0.25, -0.2) is 14.7 Å². The molecule has 6 heteroatoms. The number of hydrogen-bond acceptors (Lipinski definition) is 5. The van der Waals surface area contributed by atoms with Gasteiger partial charge >= 0.3 is 6.09 Å². The molecule has 0 unspecified atom stereocenters. The summed E-state index contributed by atoms with van der Waals surface area (Å²) in [7, 11) is 0. The zero-order valence-electron chi connectivity index (χ0n) is 15.4. The number of benzene rings is 2. The van der Waals surface area contributed by atoms with Gasteiger partial charge in [-0.15, -0.1) is 11.3 Å². The molecule has 5 rings (SSSR count). The highest BCUT2D eigenvalue weighted by atomic mass is 32.1. The van der Waals surface area contributed by atoms with Crippen LogP contribution in [0.4, 0.5) is 4.79 Å². The van der Waals surface area contributed by atoms with Gasteiger partial charge in [-0.05, 0) is 35.4 Å². The molecule has 5 nitrogen and oxygen atoms in total. The van der Waals surface area contributed by atoms with Crippen LogP contribution in [0.25, 0.3) is 32.6 Å². The van der Waals surface area contributed by atoms with Crippen LogP contribution in [0.2, 0.25) is 0 Å². The minimum Gasteiger partial charge on any atom is -0.439 e. The maximum absolute atomic E-state index is 11.8. The van der Waals surface area contributed by atoms with Crippen LogP contribution in [0.5, 0.6) is 0 Å². The Morgan fingerprint density at radius 2 is 1.76 bits per heavy atom. The second-order valence-corrected chi connectivity index (χ2v) is 7.91. The summed E-state index contributed by atoms with van der Waals surface area (Å²) in [4.78, 5) is 31.4. The first kappa shape index (κ1) is 17.6. The molecular formula is C23H16N2O3S. The molecule has 29 heavy (non-hydrogen) atoms. The van der Waals surface area contributed by atoms with Gasteiger partial charge in [-0.1, -0.05) is 48.5 Å². The SMILES string of the molecule is O=C1COC(=O)N1Cc1ccc(-c2cc(-c3ccccc3)c3ccccc3n2)s1. The molecule has 142 valence electrons. The lowest BCUT2D eigenvalue weighted by Gasteiger charge is -2.10. The van der Waals surface area contributed by atoms with E-state index in [1.165, 1.54) is 11.3 Å². The molecule has 2 aromatic heterocycles. The number of para-hydroxylation sites is 1. The van der Waals surface area contributed by atoms with Crippen LogP contribution >= 0.6 is 11.3 Å². The van der Waals surface area contributed by atoms with Crippen LogP contribution in [0.1, 0.15) is 4.88 Å². The summed E-state index contributed by atoms with van der Waals surface area (Å²) in [6.07, 6.45) is -0.583. The molecule has 0 bridgehead atoms. The van der Waals surface area contributed by atoms with E-state index >= 15 is 0 Å². The Balaban J connectivity index is 1.55. The molecule has 2 amide bonds. The number of nitrogens with zero attached hydrogens (tertiary/aromatic N) is 2. The molecular weight excluding hydrogens is 384 g/mol. The number of pyridine rings is 1. The number of ether oxygens (including phenoxy) is 1. The van der Waals surface area contributed by atoms with Crippen LogP contribution in [-0.4, -0.2) is 28.5 Å². The largest absolute Gasteiger partial charge is 0.439 e. The van der Waals surface area contributed by atoms with Crippen molar-refractivity contribution < 1.29 is 14.3 Å². The first-order valence-electron chi connectivity index (χ1n) is 9.20. The maximum Gasteiger partial charge on any atom is 0.417 e. The molecule has 1 aliphatic heterocycles. The first-order chi connectivity index (χ1) is 14.2. The lowest BCUT2D eigenvalue weighted by atomic mass is 10.00. The molecule has 0 spiro atoms. The van der Waals surface area contributed by atoms with E-state index in [9.17, 15) is 9.59 Å². The van der Waals surface area contributed by atoms with E-state index in [0.717, 1.165) is 42.4 Å². The quantitative estimate of drug-likeness (QED) is 0.478. The lowest BCUT2D eigenvalue weighted by Crippen LogP contribution is -2.27. The predicted molar refractivity (Wildman–Crippen MR) is 112 cm³/mol. The van der Waals surface area contributed by atoms with Gasteiger partial charge in [0, 0.05) is 10.3 Å². The lowest BCUT2D eigenvalue weighted by molar-refractivity contribution is -0.126. The Morgan fingerprint density at radius 1 is 0.966 bits per heavy atom. The van der Waals surface area contributed by atoms with Crippen molar-refractivity contribution in [3.05, 3.63) is 77.7 Å². The van der Waals surface area contributed by atoms with E-state index in [1.807, 2.05) is 48.5 Å². The summed E-state index contributed by atoms with van der Waals surface area (Å²) < 4.78 is 4.78. The third-order valence-corrected chi connectivity index (χ3v) is 5.96. The molecule has 4 aromatic rings. The number of carbonyl (C=O) groups is 2. The van der Waals surface area contributed by atoms with Crippen molar-refractivity contribution in [3.8, 4) is 21.7 Å². The van der Waals surface area contributed by atoms with E-state index in [0.29, 0.717) is 0 Å². The Bertz CT molecular complexity index is 1220. The summed E-state index contributed by atoms with van der Waals surface area (Å²) in [6, 6.07) is 24.4. The van der Waals surface area contributed by atoms with Gasteiger partial charge in [0.25, 0.3) is 5.91 Å². The fourth-order valence-corrected chi connectivity index (χ4v) is 4.41. The number of imide groups is 1. The topological polar surface area (TPSA) is 59.5 Å². The van der Waals surface area contributed by atoms with Gasteiger partial charge in [-0.2, -0.15) is 0 Å². The van der Waals surface area contributed by atoms with Gasteiger partial charge in [0.2, 0.25) is 0 Å². The number of rotatable bonds is 4. The predicted octanol–water partition coefficient (Wildman–Crippen LogP) is 5.11.